The minimum absolute atomic E-state index is 0.557. The lowest BCUT2D eigenvalue weighted by molar-refractivity contribution is 0.275. The van der Waals surface area contributed by atoms with Gasteiger partial charge in [0.05, 0.1) is 5.69 Å². The van der Waals surface area contributed by atoms with E-state index in [1.165, 1.54) is 15.7 Å². The number of aryl methyl sites for hydroxylation is 1. The van der Waals surface area contributed by atoms with Gasteiger partial charge in [-0.05, 0) is 26.9 Å². The molecule has 1 N–H and O–H groups in total. The quantitative estimate of drug-likeness (QED) is 0.894. The fourth-order valence-electron chi connectivity index (χ4n) is 2.57. The average Bonchev–Trinajstić information content (AvgIpc) is 2.79. The summed E-state index contributed by atoms with van der Waals surface area (Å²) in [5.41, 5.74) is 1.27. The molecule has 1 fully saturated rings. The zero-order valence-corrected chi connectivity index (χ0v) is 13.4. The minimum atomic E-state index is 0.557. The van der Waals surface area contributed by atoms with Crippen molar-refractivity contribution < 1.29 is 0 Å². The highest BCUT2D eigenvalue weighted by atomic mass is 32.1. The van der Waals surface area contributed by atoms with Crippen molar-refractivity contribution in [3.8, 4) is 0 Å². The van der Waals surface area contributed by atoms with Gasteiger partial charge in [0.2, 0.25) is 0 Å². The Bertz CT molecular complexity index is 404. The van der Waals surface area contributed by atoms with Crippen molar-refractivity contribution in [2.75, 3.05) is 38.1 Å². The fourth-order valence-corrected chi connectivity index (χ4v) is 3.82. The maximum atomic E-state index is 4.87. The van der Waals surface area contributed by atoms with Crippen LogP contribution in [0.25, 0.3) is 0 Å². The summed E-state index contributed by atoms with van der Waals surface area (Å²) in [6.45, 7) is 12.0. The molecule has 0 amide bonds. The topological polar surface area (TPSA) is 31.4 Å². The number of anilines is 1. The van der Waals surface area contributed by atoms with Crippen LogP contribution in [-0.2, 0) is 13.0 Å². The van der Waals surface area contributed by atoms with Crippen LogP contribution in [0.15, 0.2) is 0 Å². The van der Waals surface area contributed by atoms with E-state index in [0.29, 0.717) is 6.04 Å². The molecule has 1 saturated heterocycles. The first-order chi connectivity index (χ1) is 9.15. The first-order valence-electron chi connectivity index (χ1n) is 7.30. The molecule has 4 nitrogen and oxygen atoms in total. The zero-order valence-electron chi connectivity index (χ0n) is 12.6. The van der Waals surface area contributed by atoms with E-state index in [0.717, 1.165) is 39.1 Å². The van der Waals surface area contributed by atoms with E-state index in [9.17, 15) is 0 Å². The second-order valence-corrected chi connectivity index (χ2v) is 6.37. The van der Waals surface area contributed by atoms with Gasteiger partial charge in [-0.25, -0.2) is 4.98 Å². The third-order valence-corrected chi connectivity index (χ3v) is 4.85. The molecule has 0 aromatic carbocycles. The summed E-state index contributed by atoms with van der Waals surface area (Å²) in [7, 11) is 2.20. The number of likely N-dealkylation sites (N-methyl/N-ethyl adjacent to an activating group) is 1. The van der Waals surface area contributed by atoms with Crippen LogP contribution < -0.4 is 10.2 Å². The molecule has 1 aliphatic rings. The van der Waals surface area contributed by atoms with Gasteiger partial charge in [-0.2, -0.15) is 0 Å². The van der Waals surface area contributed by atoms with Crippen LogP contribution >= 0.6 is 11.3 Å². The Morgan fingerprint density at radius 1 is 1.37 bits per heavy atom. The molecule has 0 bridgehead atoms. The molecule has 0 saturated carbocycles. The van der Waals surface area contributed by atoms with Crippen molar-refractivity contribution in [1.29, 1.82) is 0 Å². The second kappa shape index (κ2) is 6.68. The Balaban J connectivity index is 2.13. The van der Waals surface area contributed by atoms with Gasteiger partial charge < -0.3 is 15.1 Å². The normalized spacial score (nSPS) is 21.1. The third-order valence-electron chi connectivity index (χ3n) is 3.71. The highest BCUT2D eigenvalue weighted by molar-refractivity contribution is 7.15. The smallest absolute Gasteiger partial charge is 0.186 e. The van der Waals surface area contributed by atoms with Crippen molar-refractivity contribution in [3.63, 3.8) is 0 Å². The molecule has 1 atom stereocenters. The fraction of sp³-hybridized carbons (Fsp3) is 0.786. The van der Waals surface area contributed by atoms with E-state index < -0.39 is 0 Å². The SMILES string of the molecule is CCNCc1sc(N2CCN(C)CC2C)nc1CC. The van der Waals surface area contributed by atoms with Gasteiger partial charge in [-0.1, -0.05) is 13.8 Å². The second-order valence-electron chi connectivity index (χ2n) is 5.30. The maximum absolute atomic E-state index is 4.87. The molecule has 1 aromatic heterocycles. The maximum Gasteiger partial charge on any atom is 0.186 e. The van der Waals surface area contributed by atoms with E-state index in [4.69, 9.17) is 4.98 Å². The monoisotopic (exact) mass is 282 g/mol. The summed E-state index contributed by atoms with van der Waals surface area (Å²) in [6, 6.07) is 0.557. The number of hydrogen-bond donors (Lipinski definition) is 1. The van der Waals surface area contributed by atoms with Crippen molar-refractivity contribution in [2.24, 2.45) is 0 Å². The highest BCUT2D eigenvalue weighted by Crippen LogP contribution is 2.29. The van der Waals surface area contributed by atoms with Crippen molar-refractivity contribution in [2.45, 2.75) is 39.8 Å². The van der Waals surface area contributed by atoms with Crippen LogP contribution in [0, 0.1) is 0 Å². The number of piperazine rings is 1. The third kappa shape index (κ3) is 3.46. The molecule has 5 heteroatoms. The lowest BCUT2D eigenvalue weighted by atomic mass is 10.2. The molecule has 0 aliphatic carbocycles. The predicted octanol–water partition coefficient (Wildman–Crippen LogP) is 1.96. The van der Waals surface area contributed by atoms with Crippen molar-refractivity contribution in [3.05, 3.63) is 10.6 Å². The molecular formula is C14H26N4S. The number of nitrogens with zero attached hydrogens (tertiary/aromatic N) is 3. The number of rotatable bonds is 5. The summed E-state index contributed by atoms with van der Waals surface area (Å²) >= 11 is 1.87. The van der Waals surface area contributed by atoms with Gasteiger partial charge in [0.15, 0.2) is 5.13 Å². The molecule has 1 aromatic rings. The molecule has 2 heterocycles. The van der Waals surface area contributed by atoms with Crippen LogP contribution in [0.4, 0.5) is 5.13 Å². The van der Waals surface area contributed by atoms with E-state index in [1.54, 1.807) is 0 Å². The largest absolute Gasteiger partial charge is 0.343 e. The molecule has 0 spiro atoms. The number of aromatic nitrogens is 1. The van der Waals surface area contributed by atoms with Gasteiger partial charge in [-0.3, -0.25) is 0 Å². The van der Waals surface area contributed by atoms with E-state index in [2.05, 4.69) is 42.9 Å². The summed E-state index contributed by atoms with van der Waals surface area (Å²) in [5.74, 6) is 0. The van der Waals surface area contributed by atoms with E-state index in [1.807, 2.05) is 11.3 Å². The van der Waals surface area contributed by atoms with Crippen LogP contribution in [0.2, 0.25) is 0 Å². The van der Waals surface area contributed by atoms with E-state index >= 15 is 0 Å². The lowest BCUT2D eigenvalue weighted by Crippen LogP contribution is -2.50. The zero-order chi connectivity index (χ0) is 13.8. The van der Waals surface area contributed by atoms with Crippen LogP contribution in [0.1, 0.15) is 31.3 Å². The van der Waals surface area contributed by atoms with Crippen LogP contribution in [-0.4, -0.2) is 49.2 Å². The van der Waals surface area contributed by atoms with Crippen molar-refractivity contribution >= 4 is 16.5 Å². The summed E-state index contributed by atoms with van der Waals surface area (Å²) < 4.78 is 0. The molecule has 1 aliphatic heterocycles. The van der Waals surface area contributed by atoms with Gasteiger partial charge in [0, 0.05) is 37.1 Å². The molecule has 0 radical (unpaired) electrons. The molecular weight excluding hydrogens is 256 g/mol. The average molecular weight is 282 g/mol. The van der Waals surface area contributed by atoms with Crippen LogP contribution in [0.3, 0.4) is 0 Å². The van der Waals surface area contributed by atoms with Crippen LogP contribution in [0.5, 0.6) is 0 Å². The standard InChI is InChI=1S/C14H26N4S/c1-5-12-13(9-15-6-2)19-14(16-12)18-8-7-17(4)10-11(18)3/h11,15H,5-10H2,1-4H3. The Hall–Kier alpha value is -0.650. The Morgan fingerprint density at radius 2 is 2.16 bits per heavy atom. The first-order valence-corrected chi connectivity index (χ1v) is 8.11. The summed E-state index contributed by atoms with van der Waals surface area (Å²) in [5, 5.41) is 4.63. The number of hydrogen-bond acceptors (Lipinski definition) is 5. The molecule has 2 rings (SSSR count). The highest BCUT2D eigenvalue weighted by Gasteiger charge is 2.24. The molecule has 108 valence electrons. The Labute approximate surface area is 120 Å². The van der Waals surface area contributed by atoms with Gasteiger partial charge >= 0.3 is 0 Å². The minimum Gasteiger partial charge on any atom is -0.343 e. The molecule has 19 heavy (non-hydrogen) atoms. The lowest BCUT2D eigenvalue weighted by Gasteiger charge is -2.38. The van der Waals surface area contributed by atoms with E-state index in [-0.39, 0.29) is 0 Å². The van der Waals surface area contributed by atoms with Crippen molar-refractivity contribution in [1.82, 2.24) is 15.2 Å². The number of thiazole rings is 1. The summed E-state index contributed by atoms with van der Waals surface area (Å²) in [4.78, 5) is 11.1. The molecule has 1 unspecified atom stereocenters. The van der Waals surface area contributed by atoms with Gasteiger partial charge in [-0.15, -0.1) is 11.3 Å². The summed E-state index contributed by atoms with van der Waals surface area (Å²) in [6.07, 6.45) is 1.03. The Morgan fingerprint density at radius 3 is 2.79 bits per heavy atom. The first kappa shape index (κ1) is 14.8. The Kier molecular flexibility index (Phi) is 5.19. The number of nitrogens with one attached hydrogen (secondary N) is 1. The van der Waals surface area contributed by atoms with Gasteiger partial charge in [0.1, 0.15) is 0 Å². The predicted molar refractivity (Wildman–Crippen MR) is 83.2 cm³/mol. The van der Waals surface area contributed by atoms with Gasteiger partial charge in [0.25, 0.3) is 0 Å².